The lowest BCUT2D eigenvalue weighted by Crippen LogP contribution is -2.42. The molecule has 2 nitrogen and oxygen atoms in total. The standard InChI is InChI=1S/C17H28N2/c1-14(18)12-15(2)19-10-8-17(9-11-19)13-16-6-4-3-5-7-16/h3-7,14-15,17H,8-13,18H2,1-2H3. The number of benzene rings is 1. The van der Waals surface area contributed by atoms with Gasteiger partial charge in [0.2, 0.25) is 0 Å². The SMILES string of the molecule is CC(N)CC(C)N1CCC(Cc2ccccc2)CC1. The van der Waals surface area contributed by atoms with Crippen molar-refractivity contribution in [2.24, 2.45) is 11.7 Å². The second-order valence-electron chi connectivity index (χ2n) is 6.23. The molecule has 1 aliphatic rings. The Balaban J connectivity index is 1.76. The van der Waals surface area contributed by atoms with Crippen LogP contribution in [0.4, 0.5) is 0 Å². The van der Waals surface area contributed by atoms with E-state index < -0.39 is 0 Å². The number of hydrogen-bond donors (Lipinski definition) is 1. The van der Waals surface area contributed by atoms with Crippen molar-refractivity contribution in [3.63, 3.8) is 0 Å². The lowest BCUT2D eigenvalue weighted by Gasteiger charge is -2.36. The molecule has 1 aliphatic heterocycles. The van der Waals surface area contributed by atoms with Gasteiger partial charge in [0.05, 0.1) is 0 Å². The van der Waals surface area contributed by atoms with Gasteiger partial charge in [-0.15, -0.1) is 0 Å². The van der Waals surface area contributed by atoms with Crippen LogP contribution >= 0.6 is 0 Å². The largest absolute Gasteiger partial charge is 0.328 e. The number of piperidine rings is 1. The average Bonchev–Trinajstić information content (AvgIpc) is 2.40. The second-order valence-corrected chi connectivity index (χ2v) is 6.23. The van der Waals surface area contributed by atoms with Gasteiger partial charge in [-0.25, -0.2) is 0 Å². The molecule has 1 saturated heterocycles. The zero-order valence-corrected chi connectivity index (χ0v) is 12.4. The van der Waals surface area contributed by atoms with Gasteiger partial charge in [0.1, 0.15) is 0 Å². The maximum absolute atomic E-state index is 5.90. The van der Waals surface area contributed by atoms with Crippen molar-refractivity contribution in [3.8, 4) is 0 Å². The van der Waals surface area contributed by atoms with Crippen LogP contribution in [-0.4, -0.2) is 30.1 Å². The molecule has 2 heteroatoms. The minimum atomic E-state index is 0.317. The third-order valence-corrected chi connectivity index (χ3v) is 4.35. The Labute approximate surface area is 118 Å². The highest BCUT2D eigenvalue weighted by Crippen LogP contribution is 2.23. The van der Waals surface area contributed by atoms with Crippen LogP contribution in [0.25, 0.3) is 0 Å². The molecule has 1 heterocycles. The highest BCUT2D eigenvalue weighted by Gasteiger charge is 2.23. The number of nitrogens with zero attached hydrogens (tertiary/aromatic N) is 1. The van der Waals surface area contributed by atoms with Gasteiger partial charge in [0.25, 0.3) is 0 Å². The van der Waals surface area contributed by atoms with Crippen molar-refractivity contribution in [1.29, 1.82) is 0 Å². The summed E-state index contributed by atoms with van der Waals surface area (Å²) < 4.78 is 0. The molecule has 19 heavy (non-hydrogen) atoms. The van der Waals surface area contributed by atoms with E-state index in [1.54, 1.807) is 0 Å². The van der Waals surface area contributed by atoms with E-state index >= 15 is 0 Å². The lowest BCUT2D eigenvalue weighted by molar-refractivity contribution is 0.132. The summed E-state index contributed by atoms with van der Waals surface area (Å²) in [6.45, 7) is 6.91. The lowest BCUT2D eigenvalue weighted by atomic mass is 9.89. The molecule has 2 rings (SSSR count). The first-order valence-electron chi connectivity index (χ1n) is 7.68. The van der Waals surface area contributed by atoms with E-state index in [9.17, 15) is 0 Å². The molecule has 1 aromatic rings. The molecule has 0 amide bonds. The van der Waals surface area contributed by atoms with Crippen LogP contribution in [0.2, 0.25) is 0 Å². The Hall–Kier alpha value is -0.860. The summed E-state index contributed by atoms with van der Waals surface area (Å²) >= 11 is 0. The Bertz CT molecular complexity index is 353. The van der Waals surface area contributed by atoms with Crippen molar-refractivity contribution in [2.75, 3.05) is 13.1 Å². The fraction of sp³-hybridized carbons (Fsp3) is 0.647. The van der Waals surface area contributed by atoms with E-state index in [0.29, 0.717) is 12.1 Å². The third-order valence-electron chi connectivity index (χ3n) is 4.35. The molecule has 2 atom stereocenters. The van der Waals surface area contributed by atoms with Crippen LogP contribution in [0, 0.1) is 5.92 Å². The van der Waals surface area contributed by atoms with E-state index in [2.05, 4.69) is 49.1 Å². The molecular formula is C17H28N2. The van der Waals surface area contributed by atoms with Gasteiger partial charge in [-0.1, -0.05) is 30.3 Å². The summed E-state index contributed by atoms with van der Waals surface area (Å²) in [5, 5.41) is 0. The molecular weight excluding hydrogens is 232 g/mol. The zero-order chi connectivity index (χ0) is 13.7. The molecule has 0 saturated carbocycles. The predicted octanol–water partition coefficient (Wildman–Crippen LogP) is 3.07. The molecule has 0 radical (unpaired) electrons. The molecule has 0 spiro atoms. The monoisotopic (exact) mass is 260 g/mol. The van der Waals surface area contributed by atoms with E-state index in [-0.39, 0.29) is 0 Å². The highest BCUT2D eigenvalue weighted by molar-refractivity contribution is 5.15. The van der Waals surface area contributed by atoms with Gasteiger partial charge in [-0.3, -0.25) is 0 Å². The summed E-state index contributed by atoms with van der Waals surface area (Å²) in [5.74, 6) is 0.862. The van der Waals surface area contributed by atoms with Gasteiger partial charge in [-0.2, -0.15) is 0 Å². The summed E-state index contributed by atoms with van der Waals surface area (Å²) in [7, 11) is 0. The first kappa shape index (κ1) is 14.5. The van der Waals surface area contributed by atoms with E-state index in [0.717, 1.165) is 12.3 Å². The van der Waals surface area contributed by atoms with Crippen molar-refractivity contribution in [2.45, 2.75) is 51.6 Å². The average molecular weight is 260 g/mol. The van der Waals surface area contributed by atoms with Gasteiger partial charge in [0, 0.05) is 12.1 Å². The molecule has 1 aromatic carbocycles. The normalized spacial score (nSPS) is 21.2. The summed E-state index contributed by atoms with van der Waals surface area (Å²) in [4.78, 5) is 2.62. The Morgan fingerprint density at radius 1 is 1.16 bits per heavy atom. The van der Waals surface area contributed by atoms with Crippen molar-refractivity contribution in [3.05, 3.63) is 35.9 Å². The number of hydrogen-bond acceptors (Lipinski definition) is 2. The highest BCUT2D eigenvalue weighted by atomic mass is 15.2. The van der Waals surface area contributed by atoms with Crippen LogP contribution in [0.15, 0.2) is 30.3 Å². The van der Waals surface area contributed by atoms with Crippen molar-refractivity contribution in [1.82, 2.24) is 4.90 Å². The predicted molar refractivity (Wildman–Crippen MR) is 82.2 cm³/mol. The van der Waals surface area contributed by atoms with E-state index in [1.807, 2.05) is 0 Å². The maximum Gasteiger partial charge on any atom is 0.00815 e. The molecule has 106 valence electrons. The number of rotatable bonds is 5. The summed E-state index contributed by atoms with van der Waals surface area (Å²) in [5.41, 5.74) is 7.39. The smallest absolute Gasteiger partial charge is 0.00815 e. The van der Waals surface area contributed by atoms with E-state index in [1.165, 1.54) is 37.9 Å². The first-order chi connectivity index (χ1) is 9.15. The van der Waals surface area contributed by atoms with Gasteiger partial charge in [-0.05, 0) is 64.1 Å². The minimum Gasteiger partial charge on any atom is -0.328 e. The summed E-state index contributed by atoms with van der Waals surface area (Å²) in [6.07, 6.45) is 5.02. The maximum atomic E-state index is 5.90. The molecule has 0 aliphatic carbocycles. The van der Waals surface area contributed by atoms with Crippen LogP contribution in [-0.2, 0) is 6.42 Å². The van der Waals surface area contributed by atoms with Crippen LogP contribution in [0.3, 0.4) is 0 Å². The summed E-state index contributed by atoms with van der Waals surface area (Å²) in [6, 6.07) is 11.9. The fourth-order valence-corrected chi connectivity index (χ4v) is 3.23. The van der Waals surface area contributed by atoms with Gasteiger partial charge >= 0.3 is 0 Å². The second kappa shape index (κ2) is 7.06. The quantitative estimate of drug-likeness (QED) is 0.881. The molecule has 1 fully saturated rings. The first-order valence-corrected chi connectivity index (χ1v) is 7.68. The van der Waals surface area contributed by atoms with Gasteiger partial charge in [0.15, 0.2) is 0 Å². The Morgan fingerprint density at radius 2 is 1.79 bits per heavy atom. The van der Waals surface area contributed by atoms with Crippen LogP contribution in [0.5, 0.6) is 0 Å². The zero-order valence-electron chi connectivity index (χ0n) is 12.4. The third kappa shape index (κ3) is 4.63. The molecule has 0 aromatic heterocycles. The van der Waals surface area contributed by atoms with Crippen molar-refractivity contribution < 1.29 is 0 Å². The molecule has 0 bridgehead atoms. The topological polar surface area (TPSA) is 29.3 Å². The Morgan fingerprint density at radius 3 is 2.37 bits per heavy atom. The van der Waals surface area contributed by atoms with Crippen LogP contribution < -0.4 is 5.73 Å². The Kier molecular flexibility index (Phi) is 5.41. The number of likely N-dealkylation sites (tertiary alicyclic amines) is 1. The van der Waals surface area contributed by atoms with E-state index in [4.69, 9.17) is 5.73 Å². The molecule has 2 unspecified atom stereocenters. The van der Waals surface area contributed by atoms with Crippen LogP contribution in [0.1, 0.15) is 38.7 Å². The molecule has 2 N–H and O–H groups in total. The minimum absolute atomic E-state index is 0.317. The van der Waals surface area contributed by atoms with Gasteiger partial charge < -0.3 is 10.6 Å². The van der Waals surface area contributed by atoms with Crippen molar-refractivity contribution >= 4 is 0 Å². The number of nitrogens with two attached hydrogens (primary N) is 1. The fourth-order valence-electron chi connectivity index (χ4n) is 3.23.